The minimum atomic E-state index is 0.529. The minimum Gasteiger partial charge on any atom is -0.339 e. The van der Waals surface area contributed by atoms with E-state index in [1.807, 2.05) is 13.0 Å². The average molecular weight is 286 g/mol. The van der Waals surface area contributed by atoms with Crippen molar-refractivity contribution in [3.05, 3.63) is 45.5 Å². The molecule has 0 fully saturated rings. The molecule has 0 aliphatic heterocycles. The molecule has 1 N–H and O–H groups in total. The van der Waals surface area contributed by atoms with Crippen molar-refractivity contribution >= 4 is 23.2 Å². The molecule has 96 valence electrons. The van der Waals surface area contributed by atoms with Gasteiger partial charge in [0.05, 0.1) is 23.0 Å². The van der Waals surface area contributed by atoms with E-state index in [-0.39, 0.29) is 0 Å². The van der Waals surface area contributed by atoms with E-state index in [4.69, 9.17) is 27.7 Å². The van der Waals surface area contributed by atoms with Gasteiger partial charge in [-0.3, -0.25) is 0 Å². The monoisotopic (exact) mass is 285 g/mol. The molecule has 0 bridgehead atoms. The Morgan fingerprint density at radius 2 is 2.11 bits per heavy atom. The summed E-state index contributed by atoms with van der Waals surface area (Å²) in [4.78, 5) is 4.28. The first-order chi connectivity index (χ1) is 8.69. The third kappa shape index (κ3) is 3.45. The van der Waals surface area contributed by atoms with Crippen molar-refractivity contribution in [1.82, 2.24) is 15.5 Å². The molecule has 0 radical (unpaired) electrons. The molecule has 0 saturated carbocycles. The first-order valence-corrected chi connectivity index (χ1v) is 6.40. The van der Waals surface area contributed by atoms with Crippen LogP contribution in [0.2, 0.25) is 10.0 Å². The molecule has 0 saturated heterocycles. The molecule has 0 spiro atoms. The van der Waals surface area contributed by atoms with Crippen molar-refractivity contribution in [1.29, 1.82) is 0 Å². The molecule has 6 heteroatoms. The van der Waals surface area contributed by atoms with Gasteiger partial charge in [-0.15, -0.1) is 0 Å². The van der Waals surface area contributed by atoms with E-state index < -0.39 is 0 Å². The fourth-order valence-electron chi connectivity index (χ4n) is 1.49. The molecule has 0 unspecified atom stereocenters. The van der Waals surface area contributed by atoms with Crippen molar-refractivity contribution in [3.8, 4) is 0 Å². The molecule has 0 atom stereocenters. The highest BCUT2D eigenvalue weighted by atomic mass is 35.5. The lowest BCUT2D eigenvalue weighted by atomic mass is 10.1. The molecule has 18 heavy (non-hydrogen) atoms. The summed E-state index contributed by atoms with van der Waals surface area (Å²) in [7, 11) is 0. The summed E-state index contributed by atoms with van der Waals surface area (Å²) in [6, 6.07) is 5.45. The predicted molar refractivity (Wildman–Crippen MR) is 70.9 cm³/mol. The largest absolute Gasteiger partial charge is 0.339 e. The van der Waals surface area contributed by atoms with E-state index in [0.717, 1.165) is 12.1 Å². The molecule has 1 heterocycles. The van der Waals surface area contributed by atoms with Crippen LogP contribution in [-0.4, -0.2) is 16.7 Å². The maximum absolute atomic E-state index is 5.95. The number of hydrogen-bond acceptors (Lipinski definition) is 4. The Morgan fingerprint density at radius 1 is 1.28 bits per heavy atom. The third-order valence-electron chi connectivity index (χ3n) is 2.38. The summed E-state index contributed by atoms with van der Waals surface area (Å²) in [5.74, 6) is 1.23. The van der Waals surface area contributed by atoms with Crippen molar-refractivity contribution in [2.45, 2.75) is 19.9 Å². The Balaban J connectivity index is 2.04. The van der Waals surface area contributed by atoms with Crippen molar-refractivity contribution in [2.75, 3.05) is 6.54 Å². The lowest BCUT2D eigenvalue weighted by molar-refractivity contribution is 0.378. The van der Waals surface area contributed by atoms with Gasteiger partial charge in [-0.2, -0.15) is 4.98 Å². The number of rotatable bonds is 5. The average Bonchev–Trinajstić information content (AvgIpc) is 2.79. The van der Waals surface area contributed by atoms with Gasteiger partial charge in [0.2, 0.25) is 5.89 Å². The molecular weight excluding hydrogens is 273 g/mol. The molecule has 4 nitrogen and oxygen atoms in total. The maximum atomic E-state index is 5.95. The van der Waals surface area contributed by atoms with Crippen molar-refractivity contribution in [2.24, 2.45) is 0 Å². The number of halogens is 2. The molecule has 1 aromatic heterocycles. The first-order valence-electron chi connectivity index (χ1n) is 5.65. The Bertz CT molecular complexity index is 528. The van der Waals surface area contributed by atoms with Crippen LogP contribution >= 0.6 is 23.2 Å². The maximum Gasteiger partial charge on any atom is 0.231 e. The smallest absolute Gasteiger partial charge is 0.231 e. The normalized spacial score (nSPS) is 10.8. The highest BCUT2D eigenvalue weighted by Gasteiger charge is 2.08. The first kappa shape index (κ1) is 13.3. The molecule has 0 aliphatic rings. The fourth-order valence-corrected chi connectivity index (χ4v) is 1.82. The van der Waals surface area contributed by atoms with Crippen LogP contribution in [0.4, 0.5) is 0 Å². The van der Waals surface area contributed by atoms with Crippen LogP contribution in [0.3, 0.4) is 0 Å². The van der Waals surface area contributed by atoms with Gasteiger partial charge in [0.25, 0.3) is 0 Å². The second kappa shape index (κ2) is 6.18. The summed E-state index contributed by atoms with van der Waals surface area (Å²) in [5.41, 5.74) is 0.989. The second-order valence-corrected chi connectivity index (χ2v) is 4.62. The van der Waals surface area contributed by atoms with Crippen LogP contribution in [0.5, 0.6) is 0 Å². The summed E-state index contributed by atoms with van der Waals surface area (Å²) < 4.78 is 5.16. The summed E-state index contributed by atoms with van der Waals surface area (Å²) >= 11 is 11.8. The van der Waals surface area contributed by atoms with Crippen molar-refractivity contribution < 1.29 is 4.52 Å². The zero-order chi connectivity index (χ0) is 13.0. The van der Waals surface area contributed by atoms with Crippen LogP contribution in [-0.2, 0) is 13.0 Å². The van der Waals surface area contributed by atoms with Crippen LogP contribution in [0, 0.1) is 0 Å². The van der Waals surface area contributed by atoms with Crippen LogP contribution in [0.1, 0.15) is 24.2 Å². The zero-order valence-corrected chi connectivity index (χ0v) is 11.4. The Kier molecular flexibility index (Phi) is 4.58. The Morgan fingerprint density at radius 3 is 2.83 bits per heavy atom. The van der Waals surface area contributed by atoms with Gasteiger partial charge in [-0.25, -0.2) is 0 Å². The van der Waals surface area contributed by atoms with E-state index in [9.17, 15) is 0 Å². The molecular formula is C12H13Cl2N3O. The van der Waals surface area contributed by atoms with Gasteiger partial charge in [-0.1, -0.05) is 41.3 Å². The summed E-state index contributed by atoms with van der Waals surface area (Å²) in [6.45, 7) is 3.51. The van der Waals surface area contributed by atoms with Crippen molar-refractivity contribution in [3.63, 3.8) is 0 Å². The Hall–Kier alpha value is -1.10. The standard InChI is InChI=1S/C12H13Cl2N3O/c1-2-15-7-11-16-12(18-17-11)6-8-3-4-9(13)10(14)5-8/h3-5,15H,2,6-7H2,1H3. The van der Waals surface area contributed by atoms with Gasteiger partial charge < -0.3 is 9.84 Å². The number of benzene rings is 1. The number of nitrogens with zero attached hydrogens (tertiary/aromatic N) is 2. The summed E-state index contributed by atoms with van der Waals surface area (Å²) in [5, 5.41) is 8.09. The van der Waals surface area contributed by atoms with E-state index in [2.05, 4.69) is 15.5 Å². The van der Waals surface area contributed by atoms with Crippen LogP contribution in [0.25, 0.3) is 0 Å². The molecule has 2 rings (SSSR count). The number of hydrogen-bond donors (Lipinski definition) is 1. The van der Waals surface area contributed by atoms with Gasteiger partial charge in [0.1, 0.15) is 0 Å². The minimum absolute atomic E-state index is 0.529. The summed E-state index contributed by atoms with van der Waals surface area (Å²) in [6.07, 6.45) is 0.552. The lowest BCUT2D eigenvalue weighted by Crippen LogP contribution is -2.12. The van der Waals surface area contributed by atoms with Gasteiger partial charge >= 0.3 is 0 Å². The number of nitrogens with one attached hydrogen (secondary N) is 1. The SMILES string of the molecule is CCNCc1noc(Cc2ccc(Cl)c(Cl)c2)n1. The van der Waals surface area contributed by atoms with Crippen LogP contribution in [0.15, 0.2) is 22.7 Å². The predicted octanol–water partition coefficient (Wildman–Crippen LogP) is 3.08. The van der Waals surface area contributed by atoms with Gasteiger partial charge in [0.15, 0.2) is 5.82 Å². The highest BCUT2D eigenvalue weighted by molar-refractivity contribution is 6.42. The topological polar surface area (TPSA) is 51.0 Å². The van der Waals surface area contributed by atoms with Gasteiger partial charge in [-0.05, 0) is 24.2 Å². The fraction of sp³-hybridized carbons (Fsp3) is 0.333. The second-order valence-electron chi connectivity index (χ2n) is 3.81. The molecule has 0 amide bonds. The lowest BCUT2D eigenvalue weighted by Gasteiger charge is -1.99. The molecule has 1 aromatic carbocycles. The van der Waals surface area contributed by atoms with E-state index in [1.54, 1.807) is 12.1 Å². The van der Waals surface area contributed by atoms with Gasteiger partial charge in [0, 0.05) is 0 Å². The highest BCUT2D eigenvalue weighted by Crippen LogP contribution is 2.23. The molecule has 2 aromatic rings. The quantitative estimate of drug-likeness (QED) is 0.917. The van der Waals surface area contributed by atoms with Crippen LogP contribution < -0.4 is 5.32 Å². The third-order valence-corrected chi connectivity index (χ3v) is 3.12. The molecule has 0 aliphatic carbocycles. The number of aromatic nitrogens is 2. The van der Waals surface area contributed by atoms with E-state index >= 15 is 0 Å². The Labute approximate surface area is 115 Å². The van der Waals surface area contributed by atoms with E-state index in [1.165, 1.54) is 0 Å². The zero-order valence-electron chi connectivity index (χ0n) is 9.91. The van der Waals surface area contributed by atoms with E-state index in [0.29, 0.717) is 34.7 Å².